The third-order valence-corrected chi connectivity index (χ3v) is 5.70. The highest BCUT2D eigenvalue weighted by Crippen LogP contribution is 2.34. The van der Waals surface area contributed by atoms with Gasteiger partial charge in [-0.25, -0.2) is 0 Å². The molecular formula is C18H18N2O3S2. The summed E-state index contributed by atoms with van der Waals surface area (Å²) in [6.07, 6.45) is 1.98. The van der Waals surface area contributed by atoms with Crippen molar-refractivity contribution in [2.75, 3.05) is 20.5 Å². The van der Waals surface area contributed by atoms with Crippen molar-refractivity contribution in [3.8, 4) is 11.5 Å². The molecule has 0 aliphatic rings. The third kappa shape index (κ3) is 3.29. The Morgan fingerprint density at radius 1 is 1.16 bits per heavy atom. The van der Waals surface area contributed by atoms with E-state index in [4.69, 9.17) is 9.47 Å². The lowest BCUT2D eigenvalue weighted by atomic mass is 10.2. The van der Waals surface area contributed by atoms with Crippen LogP contribution < -0.4 is 14.3 Å². The number of hydrogen-bond acceptors (Lipinski definition) is 5. The van der Waals surface area contributed by atoms with Gasteiger partial charge < -0.3 is 14.0 Å². The number of aromatic nitrogens is 1. The van der Waals surface area contributed by atoms with E-state index < -0.39 is 0 Å². The number of fused-ring (bicyclic) bond motifs is 1. The molecule has 0 bridgehead atoms. The molecule has 0 radical (unpaired) electrons. The van der Waals surface area contributed by atoms with Crippen LogP contribution in [0.25, 0.3) is 10.2 Å². The molecule has 7 heteroatoms. The number of thiazole rings is 1. The highest BCUT2D eigenvalue weighted by atomic mass is 32.2. The molecule has 0 aliphatic heterocycles. The Kier molecular flexibility index (Phi) is 5.15. The topological polar surface area (TPSA) is 52.8 Å². The Balaban J connectivity index is 2.16. The van der Waals surface area contributed by atoms with Crippen molar-refractivity contribution in [3.05, 3.63) is 46.8 Å². The minimum Gasteiger partial charge on any atom is -0.495 e. The first-order chi connectivity index (χ1) is 12.1. The Morgan fingerprint density at radius 3 is 2.56 bits per heavy atom. The van der Waals surface area contributed by atoms with Gasteiger partial charge in [0.15, 0.2) is 4.80 Å². The highest BCUT2D eigenvalue weighted by Gasteiger charge is 2.14. The van der Waals surface area contributed by atoms with E-state index in [9.17, 15) is 4.79 Å². The number of carbonyl (C=O) groups excluding carboxylic acids is 1. The van der Waals surface area contributed by atoms with Crippen molar-refractivity contribution in [2.24, 2.45) is 12.0 Å². The first-order valence-electron chi connectivity index (χ1n) is 7.52. The molecule has 1 aromatic heterocycles. The lowest BCUT2D eigenvalue weighted by Crippen LogP contribution is -2.13. The number of thioether (sulfide) groups is 1. The first kappa shape index (κ1) is 17.6. The summed E-state index contributed by atoms with van der Waals surface area (Å²) >= 11 is 3.00. The second-order valence-corrected chi connectivity index (χ2v) is 7.10. The molecule has 2 aromatic carbocycles. The molecule has 25 heavy (non-hydrogen) atoms. The number of hydrogen-bond donors (Lipinski definition) is 0. The van der Waals surface area contributed by atoms with E-state index in [2.05, 4.69) is 4.99 Å². The zero-order valence-corrected chi connectivity index (χ0v) is 16.0. The number of ether oxygens (including phenoxy) is 2. The molecule has 5 nitrogen and oxygen atoms in total. The molecule has 0 atom stereocenters. The van der Waals surface area contributed by atoms with Crippen LogP contribution in [-0.2, 0) is 7.05 Å². The zero-order chi connectivity index (χ0) is 18.0. The van der Waals surface area contributed by atoms with Crippen molar-refractivity contribution in [1.29, 1.82) is 0 Å². The summed E-state index contributed by atoms with van der Waals surface area (Å²) in [5, 5.41) is 0. The number of rotatable bonds is 4. The monoisotopic (exact) mass is 374 g/mol. The van der Waals surface area contributed by atoms with Crippen molar-refractivity contribution in [2.45, 2.75) is 4.90 Å². The standard InChI is InChI=1S/C18H18N2O3S2/c1-20-15-13(22-2)8-9-14(23-3)16(15)25-18(20)19-17(21)11-6-5-7-12(10-11)24-4/h5-10H,1-4H3. The fraction of sp³-hybridized carbons (Fsp3) is 0.222. The van der Waals surface area contributed by atoms with Gasteiger partial charge in [-0.1, -0.05) is 17.4 Å². The van der Waals surface area contributed by atoms with Gasteiger partial charge in [0.05, 0.1) is 14.2 Å². The molecule has 0 unspecified atom stereocenters. The summed E-state index contributed by atoms with van der Waals surface area (Å²) in [5.41, 5.74) is 1.43. The minimum atomic E-state index is -0.268. The molecule has 130 valence electrons. The molecule has 0 saturated carbocycles. The van der Waals surface area contributed by atoms with Crippen LogP contribution in [0.15, 0.2) is 46.3 Å². The van der Waals surface area contributed by atoms with Crippen LogP contribution in [0.4, 0.5) is 0 Å². The molecule has 1 amide bonds. The van der Waals surface area contributed by atoms with Gasteiger partial charge in [0.2, 0.25) is 0 Å². The predicted octanol–water partition coefficient (Wildman–Crippen LogP) is 3.72. The van der Waals surface area contributed by atoms with Gasteiger partial charge in [0.1, 0.15) is 21.7 Å². The van der Waals surface area contributed by atoms with Crippen LogP contribution in [0, 0.1) is 0 Å². The largest absolute Gasteiger partial charge is 0.495 e. The Bertz CT molecular complexity index is 1010. The Hall–Kier alpha value is -2.25. The van der Waals surface area contributed by atoms with E-state index in [0.717, 1.165) is 20.9 Å². The third-order valence-electron chi connectivity index (χ3n) is 3.83. The summed E-state index contributed by atoms with van der Waals surface area (Å²) in [4.78, 5) is 18.5. The Labute approximate surface area is 153 Å². The van der Waals surface area contributed by atoms with Gasteiger partial charge in [-0.05, 0) is 36.6 Å². The number of carbonyl (C=O) groups is 1. The van der Waals surface area contributed by atoms with Crippen LogP contribution in [0.5, 0.6) is 11.5 Å². The van der Waals surface area contributed by atoms with Crippen molar-refractivity contribution in [3.63, 3.8) is 0 Å². The summed E-state index contributed by atoms with van der Waals surface area (Å²) in [7, 11) is 5.11. The van der Waals surface area contributed by atoms with E-state index >= 15 is 0 Å². The van der Waals surface area contributed by atoms with Crippen molar-refractivity contribution >= 4 is 39.2 Å². The molecule has 1 heterocycles. The minimum absolute atomic E-state index is 0.268. The molecule has 0 aliphatic carbocycles. The molecule has 0 saturated heterocycles. The molecule has 3 rings (SSSR count). The van der Waals surface area contributed by atoms with Gasteiger partial charge in [-0.2, -0.15) is 4.99 Å². The summed E-state index contributed by atoms with van der Waals surface area (Å²) in [5.74, 6) is 1.18. The number of methoxy groups -OCH3 is 2. The SMILES string of the molecule is COc1ccc(OC)c2c1sc(=NC(=O)c1cccc(SC)c1)n2C. The Morgan fingerprint density at radius 2 is 1.88 bits per heavy atom. The van der Waals surface area contributed by atoms with E-state index in [-0.39, 0.29) is 5.91 Å². The fourth-order valence-electron chi connectivity index (χ4n) is 2.54. The molecule has 0 fully saturated rings. The normalized spacial score (nSPS) is 11.8. The number of benzene rings is 2. The van der Waals surface area contributed by atoms with Gasteiger partial charge in [-0.15, -0.1) is 11.8 Å². The fourth-order valence-corrected chi connectivity index (χ4v) is 4.12. The second-order valence-electron chi connectivity index (χ2n) is 5.24. The van der Waals surface area contributed by atoms with Crippen LogP contribution in [0.2, 0.25) is 0 Å². The summed E-state index contributed by atoms with van der Waals surface area (Å²) < 4.78 is 13.6. The smallest absolute Gasteiger partial charge is 0.279 e. The van der Waals surface area contributed by atoms with Crippen LogP contribution in [-0.4, -0.2) is 30.9 Å². The number of amides is 1. The molecule has 0 N–H and O–H groups in total. The van der Waals surface area contributed by atoms with Gasteiger partial charge in [-0.3, -0.25) is 4.79 Å². The zero-order valence-electron chi connectivity index (χ0n) is 14.4. The molecular weight excluding hydrogens is 356 g/mol. The van der Waals surface area contributed by atoms with Crippen molar-refractivity contribution < 1.29 is 14.3 Å². The van der Waals surface area contributed by atoms with Gasteiger partial charge in [0.25, 0.3) is 5.91 Å². The average molecular weight is 374 g/mol. The van der Waals surface area contributed by atoms with Crippen LogP contribution >= 0.6 is 23.1 Å². The highest BCUT2D eigenvalue weighted by molar-refractivity contribution is 7.98. The maximum Gasteiger partial charge on any atom is 0.279 e. The van der Waals surface area contributed by atoms with E-state index in [1.165, 1.54) is 11.3 Å². The lowest BCUT2D eigenvalue weighted by molar-refractivity contribution is 0.0997. The molecule has 0 spiro atoms. The summed E-state index contributed by atoms with van der Waals surface area (Å²) in [6.45, 7) is 0. The van der Waals surface area contributed by atoms with Crippen LogP contribution in [0.3, 0.4) is 0 Å². The predicted molar refractivity (Wildman–Crippen MR) is 102 cm³/mol. The van der Waals surface area contributed by atoms with E-state index in [1.807, 2.05) is 48.2 Å². The first-order valence-corrected chi connectivity index (χ1v) is 9.56. The van der Waals surface area contributed by atoms with E-state index in [0.29, 0.717) is 16.1 Å². The maximum absolute atomic E-state index is 12.6. The average Bonchev–Trinajstić information content (AvgIpc) is 2.97. The van der Waals surface area contributed by atoms with Gasteiger partial charge in [0, 0.05) is 17.5 Å². The summed E-state index contributed by atoms with van der Waals surface area (Å²) in [6, 6.07) is 11.2. The molecule has 3 aromatic rings. The number of nitrogens with zero attached hydrogens (tertiary/aromatic N) is 2. The second kappa shape index (κ2) is 7.33. The van der Waals surface area contributed by atoms with E-state index in [1.54, 1.807) is 32.0 Å². The maximum atomic E-state index is 12.6. The van der Waals surface area contributed by atoms with Crippen molar-refractivity contribution in [1.82, 2.24) is 4.57 Å². The van der Waals surface area contributed by atoms with Crippen LogP contribution in [0.1, 0.15) is 10.4 Å². The lowest BCUT2D eigenvalue weighted by Gasteiger charge is -2.06. The van der Waals surface area contributed by atoms with Gasteiger partial charge >= 0.3 is 0 Å². The number of aryl methyl sites for hydroxylation is 1. The quantitative estimate of drug-likeness (QED) is 0.653.